The molecule has 0 aliphatic carbocycles. The van der Waals surface area contributed by atoms with Gasteiger partial charge in [-0.1, -0.05) is 43.7 Å². The van der Waals surface area contributed by atoms with Crippen LogP contribution in [-0.4, -0.2) is 47.1 Å². The van der Waals surface area contributed by atoms with Gasteiger partial charge in [0, 0.05) is 30.9 Å². The average Bonchev–Trinajstić information content (AvgIpc) is 2.87. The molecule has 0 bridgehead atoms. The van der Waals surface area contributed by atoms with E-state index in [-0.39, 0.29) is 5.82 Å². The summed E-state index contributed by atoms with van der Waals surface area (Å²) in [6, 6.07) is 18.0. The minimum absolute atomic E-state index is 0.206. The van der Waals surface area contributed by atoms with Gasteiger partial charge in [0.05, 0.1) is 5.69 Å². The van der Waals surface area contributed by atoms with Crippen LogP contribution < -0.4 is 10.6 Å². The number of benzene rings is 2. The summed E-state index contributed by atoms with van der Waals surface area (Å²) in [5.41, 5.74) is 4.25. The Morgan fingerprint density at radius 1 is 1.09 bits per heavy atom. The molecule has 1 fully saturated rings. The summed E-state index contributed by atoms with van der Waals surface area (Å²) in [5, 5.41) is 6.93. The molecule has 2 aromatic carbocycles. The minimum Gasteiger partial charge on any atom is -0.354 e. The maximum Gasteiger partial charge on any atom is 0.223 e. The van der Waals surface area contributed by atoms with Crippen molar-refractivity contribution in [3.63, 3.8) is 0 Å². The van der Waals surface area contributed by atoms with Crippen LogP contribution in [0.3, 0.4) is 0 Å². The van der Waals surface area contributed by atoms with E-state index in [1.807, 2.05) is 12.1 Å². The van der Waals surface area contributed by atoms with Gasteiger partial charge in [0.15, 0.2) is 0 Å². The number of aromatic nitrogens is 2. The molecule has 3 aromatic rings. The molecule has 0 spiro atoms. The topological polar surface area (TPSA) is 53.1 Å². The third-order valence-corrected chi connectivity index (χ3v) is 6.52. The fraction of sp³-hybridized carbons (Fsp3) is 0.429. The first-order valence-electron chi connectivity index (χ1n) is 12.6. The first-order chi connectivity index (χ1) is 16.7. The number of rotatable bonds is 11. The molecule has 1 aliphatic rings. The first kappa shape index (κ1) is 24.3. The minimum atomic E-state index is -0.206. The van der Waals surface area contributed by atoms with Crippen LogP contribution in [-0.2, 0) is 13.0 Å². The molecule has 1 aliphatic heterocycles. The zero-order chi connectivity index (χ0) is 23.6. The van der Waals surface area contributed by atoms with Crippen molar-refractivity contribution in [1.29, 1.82) is 0 Å². The van der Waals surface area contributed by atoms with E-state index in [0.29, 0.717) is 25.0 Å². The number of hydrogen-bond donors (Lipinski definition) is 2. The molecule has 0 saturated carbocycles. The summed E-state index contributed by atoms with van der Waals surface area (Å²) < 4.78 is 13.4. The molecule has 180 valence electrons. The number of halogens is 1. The van der Waals surface area contributed by atoms with Crippen LogP contribution in [0.15, 0.2) is 60.8 Å². The molecule has 6 heteroatoms. The quantitative estimate of drug-likeness (QED) is 0.406. The second kappa shape index (κ2) is 12.6. The summed E-state index contributed by atoms with van der Waals surface area (Å²) in [5.74, 6) is 0.386. The van der Waals surface area contributed by atoms with Gasteiger partial charge in [-0.15, -0.1) is 0 Å². The number of nitrogens with one attached hydrogen (secondary N) is 2. The molecule has 4 rings (SSSR count). The summed E-state index contributed by atoms with van der Waals surface area (Å²) in [4.78, 5) is 11.6. The van der Waals surface area contributed by atoms with Crippen LogP contribution >= 0.6 is 0 Å². The van der Waals surface area contributed by atoms with Crippen molar-refractivity contribution in [1.82, 2.24) is 20.2 Å². The predicted molar refractivity (Wildman–Crippen MR) is 137 cm³/mol. The number of hydrogen-bond acceptors (Lipinski definition) is 5. The van der Waals surface area contributed by atoms with Gasteiger partial charge in [0.25, 0.3) is 0 Å². The van der Waals surface area contributed by atoms with Gasteiger partial charge < -0.3 is 10.6 Å². The molecule has 5 nitrogen and oxygen atoms in total. The normalized spacial score (nSPS) is 16.0. The number of piperidine rings is 1. The van der Waals surface area contributed by atoms with E-state index in [1.165, 1.54) is 43.9 Å². The molecule has 1 aromatic heterocycles. The Balaban J connectivity index is 1.33. The standard InChI is InChI=1S/C28H36FN5/c1-2-34(18-14-26-11-3-4-15-30-26)21-23-8-5-9-24(19-23)27-13-17-32-28(33-27)31-16-12-22-7-6-10-25(29)20-22/h5-10,13,17,19-20,26,30H,2-4,11-12,14-16,18,21H2,1H3,(H,31,32,33). The Morgan fingerprint density at radius 2 is 1.97 bits per heavy atom. The summed E-state index contributed by atoms with van der Waals surface area (Å²) in [6.45, 7) is 7.16. The highest BCUT2D eigenvalue weighted by Crippen LogP contribution is 2.20. The van der Waals surface area contributed by atoms with E-state index in [4.69, 9.17) is 4.98 Å². The highest BCUT2D eigenvalue weighted by molar-refractivity contribution is 5.60. The Morgan fingerprint density at radius 3 is 2.79 bits per heavy atom. The van der Waals surface area contributed by atoms with Crippen molar-refractivity contribution in [2.75, 3.05) is 31.5 Å². The third kappa shape index (κ3) is 7.34. The number of anilines is 1. The van der Waals surface area contributed by atoms with Gasteiger partial charge in [-0.3, -0.25) is 4.90 Å². The van der Waals surface area contributed by atoms with Crippen LogP contribution in [0.4, 0.5) is 10.3 Å². The lowest BCUT2D eigenvalue weighted by atomic mass is 10.0. The molecule has 2 N–H and O–H groups in total. The molecular weight excluding hydrogens is 425 g/mol. The number of nitrogens with zero attached hydrogens (tertiary/aromatic N) is 3. The van der Waals surface area contributed by atoms with E-state index in [0.717, 1.165) is 36.5 Å². The zero-order valence-electron chi connectivity index (χ0n) is 20.1. The van der Waals surface area contributed by atoms with E-state index in [9.17, 15) is 4.39 Å². The highest BCUT2D eigenvalue weighted by atomic mass is 19.1. The van der Waals surface area contributed by atoms with E-state index in [1.54, 1.807) is 18.3 Å². The van der Waals surface area contributed by atoms with E-state index < -0.39 is 0 Å². The molecule has 1 atom stereocenters. The SMILES string of the molecule is CCN(CCC1CCCCN1)Cc1cccc(-c2ccnc(NCCc3cccc(F)c3)n2)c1. The lowest BCUT2D eigenvalue weighted by molar-refractivity contribution is 0.249. The van der Waals surface area contributed by atoms with Crippen molar-refractivity contribution >= 4 is 5.95 Å². The second-order valence-corrected chi connectivity index (χ2v) is 9.08. The van der Waals surface area contributed by atoms with Crippen LogP contribution in [0.25, 0.3) is 11.3 Å². The molecule has 0 radical (unpaired) electrons. The maximum atomic E-state index is 13.4. The predicted octanol–water partition coefficient (Wildman–Crippen LogP) is 5.29. The van der Waals surface area contributed by atoms with Crippen molar-refractivity contribution < 1.29 is 4.39 Å². The summed E-state index contributed by atoms with van der Waals surface area (Å²) >= 11 is 0. The Labute approximate surface area is 202 Å². The molecule has 34 heavy (non-hydrogen) atoms. The lowest BCUT2D eigenvalue weighted by Crippen LogP contribution is -2.37. The summed E-state index contributed by atoms with van der Waals surface area (Å²) in [6.07, 6.45) is 7.68. The van der Waals surface area contributed by atoms with Crippen LogP contribution in [0.5, 0.6) is 0 Å². The second-order valence-electron chi connectivity index (χ2n) is 9.08. The Hall–Kier alpha value is -2.83. The van der Waals surface area contributed by atoms with Gasteiger partial charge >= 0.3 is 0 Å². The fourth-order valence-electron chi connectivity index (χ4n) is 4.56. The smallest absolute Gasteiger partial charge is 0.223 e. The van der Waals surface area contributed by atoms with E-state index in [2.05, 4.69) is 51.7 Å². The largest absolute Gasteiger partial charge is 0.354 e. The molecular formula is C28H36FN5. The van der Waals surface area contributed by atoms with Gasteiger partial charge in [-0.05, 0) is 80.7 Å². The Bertz CT molecular complexity index is 1030. The molecule has 1 unspecified atom stereocenters. The van der Waals surface area contributed by atoms with Crippen molar-refractivity contribution in [3.05, 3.63) is 77.7 Å². The Kier molecular flexibility index (Phi) is 8.99. The maximum absolute atomic E-state index is 13.4. The fourth-order valence-corrected chi connectivity index (χ4v) is 4.56. The van der Waals surface area contributed by atoms with Gasteiger partial charge in [-0.2, -0.15) is 0 Å². The van der Waals surface area contributed by atoms with Crippen LogP contribution in [0.2, 0.25) is 0 Å². The van der Waals surface area contributed by atoms with E-state index >= 15 is 0 Å². The average molecular weight is 462 g/mol. The van der Waals surface area contributed by atoms with Gasteiger partial charge in [-0.25, -0.2) is 14.4 Å². The highest BCUT2D eigenvalue weighted by Gasteiger charge is 2.14. The monoisotopic (exact) mass is 461 g/mol. The van der Waals surface area contributed by atoms with Crippen LogP contribution in [0, 0.1) is 5.82 Å². The van der Waals surface area contributed by atoms with Crippen molar-refractivity contribution in [2.45, 2.75) is 51.6 Å². The van der Waals surface area contributed by atoms with Gasteiger partial charge in [0.1, 0.15) is 5.82 Å². The molecule has 0 amide bonds. The lowest BCUT2D eigenvalue weighted by Gasteiger charge is -2.27. The van der Waals surface area contributed by atoms with Gasteiger partial charge in [0.2, 0.25) is 5.95 Å². The molecule has 1 saturated heterocycles. The van der Waals surface area contributed by atoms with Crippen molar-refractivity contribution in [3.8, 4) is 11.3 Å². The summed E-state index contributed by atoms with van der Waals surface area (Å²) in [7, 11) is 0. The first-order valence-corrected chi connectivity index (χ1v) is 12.6. The van der Waals surface area contributed by atoms with Crippen LogP contribution in [0.1, 0.15) is 43.7 Å². The zero-order valence-corrected chi connectivity index (χ0v) is 20.1. The molecule has 2 heterocycles. The van der Waals surface area contributed by atoms with Crippen molar-refractivity contribution in [2.24, 2.45) is 0 Å². The third-order valence-electron chi connectivity index (χ3n) is 6.52.